The Morgan fingerprint density at radius 2 is 2.05 bits per heavy atom. The zero-order chi connectivity index (χ0) is 14.4. The summed E-state index contributed by atoms with van der Waals surface area (Å²) in [5.74, 6) is 0.382. The van der Waals surface area contributed by atoms with Gasteiger partial charge in [-0.3, -0.25) is 4.79 Å². The van der Waals surface area contributed by atoms with E-state index >= 15 is 0 Å². The number of carbonyl (C=O) groups excluding carboxylic acids is 1. The Labute approximate surface area is 118 Å². The minimum absolute atomic E-state index is 0.0323. The van der Waals surface area contributed by atoms with Crippen molar-refractivity contribution < 1.29 is 14.6 Å². The second-order valence-corrected chi connectivity index (χ2v) is 4.63. The zero-order valence-corrected chi connectivity index (χ0v) is 12.3. The number of nitrogens with zero attached hydrogens (tertiary/aromatic N) is 1. The summed E-state index contributed by atoms with van der Waals surface area (Å²) in [6, 6.07) is 5.04. The molecule has 0 heterocycles. The number of likely N-dealkylation sites (N-methyl/N-ethyl adjacent to an activating group) is 1. The first kappa shape index (κ1) is 15.8. The molecule has 0 bridgehead atoms. The molecule has 5 heteroatoms. The number of amides is 1. The van der Waals surface area contributed by atoms with Gasteiger partial charge in [0.15, 0.2) is 6.61 Å². The molecule has 0 radical (unpaired) electrons. The number of ether oxygens (including phenoxy) is 1. The third kappa shape index (κ3) is 4.40. The standard InChI is InChI=1S/C14H20ClNO3/c1-4-16(5-2)14(18)9-19-13-7-6-11(10(3)17)8-12(13)15/h6-8,10,17H,4-5,9H2,1-3H3/t10-/m0/s1. The van der Waals surface area contributed by atoms with Crippen molar-refractivity contribution in [1.82, 2.24) is 4.90 Å². The minimum atomic E-state index is -0.580. The molecule has 19 heavy (non-hydrogen) atoms. The van der Waals surface area contributed by atoms with E-state index in [0.717, 1.165) is 0 Å². The second kappa shape index (κ2) is 7.36. The van der Waals surface area contributed by atoms with Gasteiger partial charge in [-0.05, 0) is 38.5 Å². The smallest absolute Gasteiger partial charge is 0.260 e. The van der Waals surface area contributed by atoms with E-state index < -0.39 is 6.10 Å². The summed E-state index contributed by atoms with van der Waals surface area (Å²) in [6.07, 6.45) is -0.580. The molecule has 0 aliphatic carbocycles. The fraction of sp³-hybridized carbons (Fsp3) is 0.500. The van der Waals surface area contributed by atoms with Crippen molar-refractivity contribution in [3.63, 3.8) is 0 Å². The van der Waals surface area contributed by atoms with Crippen molar-refractivity contribution >= 4 is 17.5 Å². The molecule has 1 N–H and O–H groups in total. The molecule has 106 valence electrons. The summed E-state index contributed by atoms with van der Waals surface area (Å²) < 4.78 is 5.41. The Bertz CT molecular complexity index is 431. The highest BCUT2D eigenvalue weighted by Gasteiger charge is 2.12. The molecule has 0 aliphatic rings. The summed E-state index contributed by atoms with van der Waals surface area (Å²) >= 11 is 6.04. The molecule has 4 nitrogen and oxygen atoms in total. The van der Waals surface area contributed by atoms with Gasteiger partial charge in [-0.25, -0.2) is 0 Å². The quantitative estimate of drug-likeness (QED) is 0.874. The monoisotopic (exact) mass is 285 g/mol. The zero-order valence-electron chi connectivity index (χ0n) is 11.5. The predicted octanol–water partition coefficient (Wildman–Crippen LogP) is 2.64. The largest absolute Gasteiger partial charge is 0.482 e. The number of hydrogen-bond donors (Lipinski definition) is 1. The number of benzene rings is 1. The van der Waals surface area contributed by atoms with E-state index in [4.69, 9.17) is 16.3 Å². The summed E-state index contributed by atoms with van der Waals surface area (Å²) in [6.45, 7) is 6.80. The van der Waals surface area contributed by atoms with Crippen molar-refractivity contribution in [1.29, 1.82) is 0 Å². The number of halogens is 1. The fourth-order valence-electron chi connectivity index (χ4n) is 1.70. The molecule has 0 saturated heterocycles. The molecule has 0 fully saturated rings. The van der Waals surface area contributed by atoms with Crippen LogP contribution >= 0.6 is 11.6 Å². The van der Waals surface area contributed by atoms with E-state index in [2.05, 4.69) is 0 Å². The molecule has 0 saturated carbocycles. The maximum absolute atomic E-state index is 11.8. The SMILES string of the molecule is CCN(CC)C(=O)COc1ccc([C@H](C)O)cc1Cl. The number of hydrogen-bond acceptors (Lipinski definition) is 3. The van der Waals surface area contributed by atoms with Crippen molar-refractivity contribution in [3.05, 3.63) is 28.8 Å². The van der Waals surface area contributed by atoms with Gasteiger partial charge >= 0.3 is 0 Å². The van der Waals surface area contributed by atoms with Crippen LogP contribution in [0.5, 0.6) is 5.75 Å². The molecule has 1 atom stereocenters. The lowest BCUT2D eigenvalue weighted by Crippen LogP contribution is -2.34. The Kier molecular flexibility index (Phi) is 6.12. The van der Waals surface area contributed by atoms with E-state index in [1.54, 1.807) is 30.0 Å². The molecule has 1 rings (SSSR count). The topological polar surface area (TPSA) is 49.8 Å². The molecular weight excluding hydrogens is 266 g/mol. The van der Waals surface area contributed by atoms with Crippen LogP contribution in [0.2, 0.25) is 5.02 Å². The highest BCUT2D eigenvalue weighted by molar-refractivity contribution is 6.32. The lowest BCUT2D eigenvalue weighted by Gasteiger charge is -2.19. The maximum atomic E-state index is 11.8. The lowest BCUT2D eigenvalue weighted by molar-refractivity contribution is -0.132. The second-order valence-electron chi connectivity index (χ2n) is 4.22. The summed E-state index contributed by atoms with van der Waals surface area (Å²) in [5, 5.41) is 9.83. The molecule has 0 unspecified atom stereocenters. The Morgan fingerprint density at radius 3 is 2.53 bits per heavy atom. The highest BCUT2D eigenvalue weighted by atomic mass is 35.5. The molecule has 0 aromatic heterocycles. The molecule has 1 aromatic carbocycles. The average Bonchev–Trinajstić information content (AvgIpc) is 2.38. The number of rotatable bonds is 6. The molecule has 0 spiro atoms. The van der Waals surface area contributed by atoms with E-state index in [1.807, 2.05) is 13.8 Å². The molecule has 1 aromatic rings. The lowest BCUT2D eigenvalue weighted by atomic mass is 10.1. The van der Waals surface area contributed by atoms with Crippen LogP contribution in [0.25, 0.3) is 0 Å². The Morgan fingerprint density at radius 1 is 1.42 bits per heavy atom. The molecule has 0 aliphatic heterocycles. The van der Waals surface area contributed by atoms with E-state index in [0.29, 0.717) is 29.4 Å². The van der Waals surface area contributed by atoms with Crippen LogP contribution in [-0.2, 0) is 4.79 Å². The van der Waals surface area contributed by atoms with Crippen LogP contribution in [0.3, 0.4) is 0 Å². The first-order valence-electron chi connectivity index (χ1n) is 6.37. The maximum Gasteiger partial charge on any atom is 0.260 e. The number of aliphatic hydroxyl groups excluding tert-OH is 1. The first-order valence-corrected chi connectivity index (χ1v) is 6.75. The van der Waals surface area contributed by atoms with E-state index in [9.17, 15) is 9.90 Å². The third-order valence-corrected chi connectivity index (χ3v) is 3.20. The van der Waals surface area contributed by atoms with Gasteiger partial charge in [0.2, 0.25) is 0 Å². The van der Waals surface area contributed by atoms with E-state index in [1.165, 1.54) is 0 Å². The number of carbonyl (C=O) groups is 1. The van der Waals surface area contributed by atoms with Crippen LogP contribution < -0.4 is 4.74 Å². The molecule has 1 amide bonds. The van der Waals surface area contributed by atoms with Crippen LogP contribution in [0.1, 0.15) is 32.4 Å². The molecular formula is C14H20ClNO3. The van der Waals surface area contributed by atoms with Gasteiger partial charge in [0.05, 0.1) is 11.1 Å². The van der Waals surface area contributed by atoms with Crippen molar-refractivity contribution in [2.75, 3.05) is 19.7 Å². The van der Waals surface area contributed by atoms with Crippen LogP contribution in [0.4, 0.5) is 0 Å². The van der Waals surface area contributed by atoms with Gasteiger partial charge in [0, 0.05) is 13.1 Å². The van der Waals surface area contributed by atoms with Crippen molar-refractivity contribution in [3.8, 4) is 5.75 Å². The van der Waals surface area contributed by atoms with Crippen LogP contribution in [0.15, 0.2) is 18.2 Å². The normalized spacial score (nSPS) is 12.1. The summed E-state index contributed by atoms with van der Waals surface area (Å²) in [7, 11) is 0. The minimum Gasteiger partial charge on any atom is -0.482 e. The average molecular weight is 286 g/mol. The van der Waals surface area contributed by atoms with Gasteiger partial charge in [0.25, 0.3) is 5.91 Å². The van der Waals surface area contributed by atoms with Gasteiger partial charge in [-0.15, -0.1) is 0 Å². The van der Waals surface area contributed by atoms with Crippen LogP contribution in [-0.4, -0.2) is 35.6 Å². The first-order chi connectivity index (χ1) is 8.99. The Hall–Kier alpha value is -1.26. The Balaban J connectivity index is 2.66. The fourth-order valence-corrected chi connectivity index (χ4v) is 1.94. The van der Waals surface area contributed by atoms with Crippen molar-refractivity contribution in [2.45, 2.75) is 26.9 Å². The van der Waals surface area contributed by atoms with E-state index in [-0.39, 0.29) is 12.5 Å². The van der Waals surface area contributed by atoms with Gasteiger partial charge in [0.1, 0.15) is 5.75 Å². The van der Waals surface area contributed by atoms with Gasteiger partial charge in [-0.2, -0.15) is 0 Å². The third-order valence-electron chi connectivity index (χ3n) is 2.91. The summed E-state index contributed by atoms with van der Waals surface area (Å²) in [5.41, 5.74) is 0.715. The van der Waals surface area contributed by atoms with Crippen molar-refractivity contribution in [2.24, 2.45) is 0 Å². The van der Waals surface area contributed by atoms with Crippen LogP contribution in [0, 0.1) is 0 Å². The van der Waals surface area contributed by atoms with Gasteiger partial charge < -0.3 is 14.7 Å². The van der Waals surface area contributed by atoms with Gasteiger partial charge in [-0.1, -0.05) is 17.7 Å². The predicted molar refractivity (Wildman–Crippen MR) is 75.5 cm³/mol. The highest BCUT2D eigenvalue weighted by Crippen LogP contribution is 2.27. The summed E-state index contributed by atoms with van der Waals surface area (Å²) in [4.78, 5) is 13.5. The number of aliphatic hydroxyl groups is 1.